The second-order valence-electron chi connectivity index (χ2n) is 4.30. The van der Waals surface area contributed by atoms with Crippen LogP contribution in [-0.2, 0) is 0 Å². The van der Waals surface area contributed by atoms with Crippen LogP contribution in [0.2, 0.25) is 0 Å². The Morgan fingerprint density at radius 2 is 2.19 bits per heavy atom. The zero-order chi connectivity index (χ0) is 11.5. The van der Waals surface area contributed by atoms with Crippen molar-refractivity contribution in [3.8, 4) is 0 Å². The number of nitrogens with zero attached hydrogens (tertiary/aromatic N) is 1. The Bertz CT molecular complexity index is 369. The summed E-state index contributed by atoms with van der Waals surface area (Å²) >= 11 is 0. The lowest BCUT2D eigenvalue weighted by molar-refractivity contribution is 0.222. The maximum Gasteiger partial charge on any atom is 0.149 e. The summed E-state index contributed by atoms with van der Waals surface area (Å²) in [6.07, 6.45) is 3.28. The van der Waals surface area contributed by atoms with Gasteiger partial charge in [0.05, 0.1) is 5.69 Å². The highest BCUT2D eigenvalue weighted by Gasteiger charge is 2.26. The van der Waals surface area contributed by atoms with E-state index in [1.54, 1.807) is 6.07 Å². The molecule has 1 aromatic heterocycles. The first-order valence-electron chi connectivity index (χ1n) is 5.60. The van der Waals surface area contributed by atoms with E-state index in [9.17, 15) is 5.11 Å². The second kappa shape index (κ2) is 4.57. The van der Waals surface area contributed by atoms with Gasteiger partial charge in [0, 0.05) is 18.6 Å². The molecule has 1 aliphatic carbocycles. The van der Waals surface area contributed by atoms with Gasteiger partial charge in [-0.1, -0.05) is 6.42 Å². The first-order valence-corrected chi connectivity index (χ1v) is 5.60. The Morgan fingerprint density at radius 1 is 1.38 bits per heavy atom. The minimum Gasteiger partial charge on any atom is -0.396 e. The van der Waals surface area contributed by atoms with Gasteiger partial charge in [-0.25, -0.2) is 4.98 Å². The lowest BCUT2D eigenvalue weighted by atomic mass is 10.1. The van der Waals surface area contributed by atoms with Crippen LogP contribution in [0.1, 0.15) is 19.3 Å². The topological polar surface area (TPSA) is 97.2 Å². The standard InChI is InChI=1S/C11H18N4O/c12-8-4-5-10(15-11(8)13)14-9-3-1-2-7(9)6-16/h4-5,7,9,16H,1-3,6,12H2,(H3,13,14,15). The molecule has 1 fully saturated rings. The van der Waals surface area contributed by atoms with E-state index in [2.05, 4.69) is 10.3 Å². The van der Waals surface area contributed by atoms with Gasteiger partial charge in [0.2, 0.25) is 0 Å². The lowest BCUT2D eigenvalue weighted by Gasteiger charge is -2.19. The summed E-state index contributed by atoms with van der Waals surface area (Å²) in [5.41, 5.74) is 11.7. The van der Waals surface area contributed by atoms with E-state index in [0.29, 0.717) is 23.5 Å². The Labute approximate surface area is 94.9 Å². The van der Waals surface area contributed by atoms with E-state index in [1.807, 2.05) is 6.07 Å². The number of nitrogen functional groups attached to an aromatic ring is 2. The normalized spacial score (nSPS) is 24.6. The minimum absolute atomic E-state index is 0.224. The number of pyridine rings is 1. The molecule has 2 atom stereocenters. The summed E-state index contributed by atoms with van der Waals surface area (Å²) < 4.78 is 0. The smallest absolute Gasteiger partial charge is 0.149 e. The Hall–Kier alpha value is -1.49. The third-order valence-corrected chi connectivity index (χ3v) is 3.18. The zero-order valence-corrected chi connectivity index (χ0v) is 9.19. The average Bonchev–Trinajstić information content (AvgIpc) is 2.71. The number of aromatic nitrogens is 1. The largest absolute Gasteiger partial charge is 0.396 e. The number of aliphatic hydroxyl groups is 1. The van der Waals surface area contributed by atoms with Gasteiger partial charge in [0.1, 0.15) is 11.6 Å². The maximum atomic E-state index is 9.21. The van der Waals surface area contributed by atoms with Crippen molar-refractivity contribution in [2.45, 2.75) is 25.3 Å². The molecule has 0 spiro atoms. The van der Waals surface area contributed by atoms with Crippen LogP contribution in [0.4, 0.5) is 17.3 Å². The number of anilines is 3. The van der Waals surface area contributed by atoms with Crippen molar-refractivity contribution in [3.05, 3.63) is 12.1 Å². The van der Waals surface area contributed by atoms with Gasteiger partial charge < -0.3 is 21.9 Å². The number of hydrogen-bond acceptors (Lipinski definition) is 5. The maximum absolute atomic E-state index is 9.21. The van der Waals surface area contributed by atoms with Crippen LogP contribution in [0, 0.1) is 5.92 Å². The van der Waals surface area contributed by atoms with E-state index in [4.69, 9.17) is 11.5 Å². The summed E-state index contributed by atoms with van der Waals surface area (Å²) in [6, 6.07) is 3.85. The quantitative estimate of drug-likeness (QED) is 0.607. The summed E-state index contributed by atoms with van der Waals surface area (Å²) in [5.74, 6) is 1.40. The van der Waals surface area contributed by atoms with E-state index in [0.717, 1.165) is 25.1 Å². The molecule has 16 heavy (non-hydrogen) atoms. The number of hydrogen-bond donors (Lipinski definition) is 4. The van der Waals surface area contributed by atoms with Crippen molar-refractivity contribution in [2.24, 2.45) is 5.92 Å². The van der Waals surface area contributed by atoms with Crippen LogP contribution in [-0.4, -0.2) is 22.7 Å². The van der Waals surface area contributed by atoms with E-state index in [-0.39, 0.29) is 6.61 Å². The number of aliphatic hydroxyl groups excluding tert-OH is 1. The fourth-order valence-electron chi connectivity index (χ4n) is 2.20. The number of nitrogens with one attached hydrogen (secondary N) is 1. The molecule has 0 bridgehead atoms. The van der Waals surface area contributed by atoms with Crippen LogP contribution in [0.25, 0.3) is 0 Å². The molecular formula is C11H18N4O. The fraction of sp³-hybridized carbons (Fsp3) is 0.545. The van der Waals surface area contributed by atoms with Crippen LogP contribution in [0.3, 0.4) is 0 Å². The van der Waals surface area contributed by atoms with Gasteiger partial charge in [-0.15, -0.1) is 0 Å². The molecule has 5 heteroatoms. The molecule has 88 valence electrons. The van der Waals surface area contributed by atoms with Crippen LogP contribution < -0.4 is 16.8 Å². The molecule has 0 aromatic carbocycles. The fourth-order valence-corrected chi connectivity index (χ4v) is 2.20. The Kier molecular flexibility index (Phi) is 3.14. The molecule has 5 nitrogen and oxygen atoms in total. The van der Waals surface area contributed by atoms with E-state index in [1.165, 1.54) is 0 Å². The molecule has 1 saturated carbocycles. The van der Waals surface area contributed by atoms with Crippen molar-refractivity contribution >= 4 is 17.3 Å². The number of nitrogens with two attached hydrogens (primary N) is 2. The monoisotopic (exact) mass is 222 g/mol. The van der Waals surface area contributed by atoms with E-state index < -0.39 is 0 Å². The minimum atomic E-state index is 0.224. The molecule has 0 amide bonds. The average molecular weight is 222 g/mol. The second-order valence-corrected chi connectivity index (χ2v) is 4.30. The van der Waals surface area contributed by atoms with Gasteiger partial charge in [-0.3, -0.25) is 0 Å². The first kappa shape index (κ1) is 11.0. The van der Waals surface area contributed by atoms with Crippen LogP contribution in [0.5, 0.6) is 0 Å². The van der Waals surface area contributed by atoms with Crippen molar-refractivity contribution < 1.29 is 5.11 Å². The van der Waals surface area contributed by atoms with Gasteiger partial charge in [-0.2, -0.15) is 0 Å². The highest BCUT2D eigenvalue weighted by atomic mass is 16.3. The van der Waals surface area contributed by atoms with E-state index >= 15 is 0 Å². The predicted octanol–water partition coefficient (Wildman–Crippen LogP) is 0.819. The zero-order valence-electron chi connectivity index (χ0n) is 9.19. The summed E-state index contributed by atoms with van der Waals surface area (Å²) in [5, 5.41) is 12.5. The molecule has 1 aliphatic rings. The molecular weight excluding hydrogens is 204 g/mol. The summed E-state index contributed by atoms with van der Waals surface area (Å²) in [4.78, 5) is 4.16. The van der Waals surface area contributed by atoms with Gasteiger partial charge >= 0.3 is 0 Å². The van der Waals surface area contributed by atoms with Crippen molar-refractivity contribution in [1.29, 1.82) is 0 Å². The third kappa shape index (κ3) is 2.19. The molecule has 2 unspecified atom stereocenters. The predicted molar refractivity (Wildman–Crippen MR) is 64.9 cm³/mol. The third-order valence-electron chi connectivity index (χ3n) is 3.18. The molecule has 1 aromatic rings. The molecule has 0 radical (unpaired) electrons. The molecule has 0 saturated heterocycles. The highest BCUT2D eigenvalue weighted by Crippen LogP contribution is 2.28. The molecule has 0 aliphatic heterocycles. The molecule has 6 N–H and O–H groups in total. The Balaban J connectivity index is 2.05. The SMILES string of the molecule is Nc1ccc(NC2CCCC2CO)nc1N. The molecule has 1 heterocycles. The van der Waals surface area contributed by atoms with Gasteiger partial charge in [-0.05, 0) is 25.0 Å². The number of rotatable bonds is 3. The van der Waals surface area contributed by atoms with Crippen LogP contribution in [0.15, 0.2) is 12.1 Å². The van der Waals surface area contributed by atoms with Crippen molar-refractivity contribution in [1.82, 2.24) is 4.98 Å². The Morgan fingerprint density at radius 3 is 2.88 bits per heavy atom. The van der Waals surface area contributed by atoms with Gasteiger partial charge in [0.15, 0.2) is 0 Å². The first-order chi connectivity index (χ1) is 7.70. The van der Waals surface area contributed by atoms with Crippen molar-refractivity contribution in [3.63, 3.8) is 0 Å². The summed E-state index contributed by atoms with van der Waals surface area (Å²) in [6.45, 7) is 0.224. The highest BCUT2D eigenvalue weighted by molar-refractivity contribution is 5.61. The molecule has 2 rings (SSSR count). The lowest BCUT2D eigenvalue weighted by Crippen LogP contribution is -2.26. The van der Waals surface area contributed by atoms with Gasteiger partial charge in [0.25, 0.3) is 0 Å². The van der Waals surface area contributed by atoms with Crippen molar-refractivity contribution in [2.75, 3.05) is 23.4 Å². The van der Waals surface area contributed by atoms with Crippen LogP contribution >= 0.6 is 0 Å². The summed E-state index contributed by atoms with van der Waals surface area (Å²) in [7, 11) is 0.